The van der Waals surface area contributed by atoms with Crippen LogP contribution < -0.4 is 0 Å². The number of rotatable bonds is 8. The molecule has 2 nitrogen and oxygen atoms in total. The summed E-state index contributed by atoms with van der Waals surface area (Å²) in [5, 5.41) is 0. The first-order valence-corrected chi connectivity index (χ1v) is 8.71. The third-order valence-corrected chi connectivity index (χ3v) is 5.16. The van der Waals surface area contributed by atoms with Gasteiger partial charge in [0.2, 0.25) is 0 Å². The van der Waals surface area contributed by atoms with Crippen LogP contribution in [0.1, 0.15) is 51.5 Å². The summed E-state index contributed by atoms with van der Waals surface area (Å²) in [6, 6.07) is 12.3. The molecule has 1 aromatic rings. The van der Waals surface area contributed by atoms with Gasteiger partial charge in [0.1, 0.15) is 0 Å². The van der Waals surface area contributed by atoms with Crippen molar-refractivity contribution in [2.75, 3.05) is 33.4 Å². The smallest absolute Gasteiger partial charge is 0.0462 e. The number of piperidine rings is 1. The van der Waals surface area contributed by atoms with Crippen molar-refractivity contribution >= 4 is 0 Å². The standard InChI is InChI=1S/C20H31NO/c1-20(2,19-9-5-4-6-10-19)13-16-21-14-11-18(12-15-21)8-7-17-22-3/h5,9-10,18H,7-8,11-17H2,1-3H3. The molecule has 1 aliphatic heterocycles. The zero-order valence-corrected chi connectivity index (χ0v) is 14.5. The highest BCUT2D eigenvalue weighted by atomic mass is 16.5. The number of likely N-dealkylation sites (tertiary alicyclic amines) is 1. The van der Waals surface area contributed by atoms with Crippen molar-refractivity contribution in [2.24, 2.45) is 5.92 Å². The summed E-state index contributed by atoms with van der Waals surface area (Å²) >= 11 is 0. The molecule has 2 rings (SSSR count). The Kier molecular flexibility index (Phi) is 6.73. The van der Waals surface area contributed by atoms with Gasteiger partial charge in [0.05, 0.1) is 0 Å². The maximum Gasteiger partial charge on any atom is 0.0462 e. The molecule has 0 radical (unpaired) electrons. The van der Waals surface area contributed by atoms with Crippen LogP contribution in [-0.4, -0.2) is 38.3 Å². The van der Waals surface area contributed by atoms with E-state index in [2.05, 4.69) is 43.0 Å². The second-order valence-electron chi connectivity index (χ2n) is 7.28. The minimum absolute atomic E-state index is 0.223. The summed E-state index contributed by atoms with van der Waals surface area (Å²) < 4.78 is 5.16. The van der Waals surface area contributed by atoms with Gasteiger partial charge < -0.3 is 9.64 Å². The van der Waals surface area contributed by atoms with Gasteiger partial charge in [-0.05, 0) is 86.8 Å². The number of ether oxygens (including phenoxy) is 1. The largest absolute Gasteiger partial charge is 0.385 e. The number of hydrogen-bond donors (Lipinski definition) is 0. The molecule has 122 valence electrons. The third-order valence-electron chi connectivity index (χ3n) is 5.16. The minimum atomic E-state index is 0.223. The normalized spacial score (nSPS) is 17.4. The second kappa shape index (κ2) is 8.56. The molecule has 22 heavy (non-hydrogen) atoms. The SMILES string of the molecule is COCCCC1CCN(CCC(C)(C)c2cc#ccc2)CC1. The van der Waals surface area contributed by atoms with Gasteiger partial charge in [0, 0.05) is 13.7 Å². The lowest BCUT2D eigenvalue weighted by Crippen LogP contribution is -2.36. The molecule has 0 N–H and O–H groups in total. The van der Waals surface area contributed by atoms with E-state index in [1.807, 2.05) is 6.07 Å². The molecular weight excluding hydrogens is 270 g/mol. The summed E-state index contributed by atoms with van der Waals surface area (Å²) in [6.07, 6.45) is 6.48. The average molecular weight is 301 g/mol. The molecule has 0 atom stereocenters. The predicted octanol–water partition coefficient (Wildman–Crippen LogP) is 4.09. The molecule has 0 saturated carbocycles. The van der Waals surface area contributed by atoms with Crippen molar-refractivity contribution in [1.82, 2.24) is 4.90 Å². The molecule has 1 aliphatic rings. The van der Waals surface area contributed by atoms with Crippen molar-refractivity contribution in [3.8, 4) is 0 Å². The van der Waals surface area contributed by atoms with Crippen LogP contribution in [-0.2, 0) is 10.2 Å². The van der Waals surface area contributed by atoms with E-state index in [4.69, 9.17) is 4.74 Å². The van der Waals surface area contributed by atoms with Gasteiger partial charge in [-0.25, -0.2) is 0 Å². The van der Waals surface area contributed by atoms with E-state index < -0.39 is 0 Å². The zero-order chi connectivity index (χ0) is 15.8. The summed E-state index contributed by atoms with van der Waals surface area (Å²) in [5.41, 5.74) is 1.60. The predicted molar refractivity (Wildman–Crippen MR) is 92.0 cm³/mol. The Morgan fingerprint density at radius 2 is 2.05 bits per heavy atom. The summed E-state index contributed by atoms with van der Waals surface area (Å²) in [7, 11) is 1.80. The van der Waals surface area contributed by atoms with Gasteiger partial charge in [-0.2, -0.15) is 0 Å². The molecule has 0 unspecified atom stereocenters. The van der Waals surface area contributed by atoms with Gasteiger partial charge in [-0.3, -0.25) is 0 Å². The van der Waals surface area contributed by atoms with Crippen LogP contribution >= 0.6 is 0 Å². The van der Waals surface area contributed by atoms with Crippen molar-refractivity contribution in [3.05, 3.63) is 35.9 Å². The Balaban J connectivity index is 1.70. The third kappa shape index (κ3) is 5.30. The average Bonchev–Trinajstić information content (AvgIpc) is 2.55. The fourth-order valence-corrected chi connectivity index (χ4v) is 3.37. The Morgan fingerprint density at radius 3 is 2.68 bits per heavy atom. The van der Waals surface area contributed by atoms with Crippen LogP contribution in [0.2, 0.25) is 0 Å². The second-order valence-corrected chi connectivity index (χ2v) is 7.28. The molecule has 0 spiro atoms. The van der Waals surface area contributed by atoms with Crippen molar-refractivity contribution in [3.63, 3.8) is 0 Å². The van der Waals surface area contributed by atoms with Crippen molar-refractivity contribution in [2.45, 2.75) is 51.4 Å². The number of nitrogens with zero attached hydrogens (tertiary/aromatic N) is 1. The van der Waals surface area contributed by atoms with Crippen molar-refractivity contribution in [1.29, 1.82) is 0 Å². The highest BCUT2D eigenvalue weighted by Gasteiger charge is 2.24. The molecule has 0 aliphatic carbocycles. The quantitative estimate of drug-likeness (QED) is 0.670. The Morgan fingerprint density at radius 1 is 1.27 bits per heavy atom. The van der Waals surface area contributed by atoms with E-state index in [9.17, 15) is 0 Å². The fourth-order valence-electron chi connectivity index (χ4n) is 3.37. The zero-order valence-electron chi connectivity index (χ0n) is 14.5. The van der Waals surface area contributed by atoms with E-state index in [-0.39, 0.29) is 5.41 Å². The molecule has 1 saturated heterocycles. The van der Waals surface area contributed by atoms with Crippen LogP contribution in [0.4, 0.5) is 0 Å². The first kappa shape index (κ1) is 17.3. The van der Waals surface area contributed by atoms with Crippen LogP contribution in [0.3, 0.4) is 0 Å². The van der Waals surface area contributed by atoms with Crippen molar-refractivity contribution < 1.29 is 4.74 Å². The van der Waals surface area contributed by atoms with E-state index in [1.54, 1.807) is 7.11 Å². The van der Waals surface area contributed by atoms with Gasteiger partial charge in [0.25, 0.3) is 0 Å². The van der Waals surface area contributed by atoms with Crippen LogP contribution in [0.5, 0.6) is 0 Å². The molecule has 1 fully saturated rings. The molecule has 0 aromatic heterocycles. The molecule has 2 heteroatoms. The van der Waals surface area contributed by atoms with E-state index in [1.165, 1.54) is 57.3 Å². The lowest BCUT2D eigenvalue weighted by atomic mass is 9.81. The van der Waals surface area contributed by atoms with Gasteiger partial charge in [-0.1, -0.05) is 26.0 Å². The molecular formula is C20H31NO. The van der Waals surface area contributed by atoms with Crippen LogP contribution in [0, 0.1) is 18.1 Å². The van der Waals surface area contributed by atoms with Crippen LogP contribution in [0.25, 0.3) is 0 Å². The lowest BCUT2D eigenvalue weighted by molar-refractivity contribution is 0.149. The van der Waals surface area contributed by atoms with Crippen LogP contribution in [0.15, 0.2) is 18.2 Å². The first-order chi connectivity index (χ1) is 10.6. The number of methoxy groups -OCH3 is 1. The minimum Gasteiger partial charge on any atom is -0.385 e. The fraction of sp³-hybridized carbons (Fsp3) is 0.700. The highest BCUT2D eigenvalue weighted by Crippen LogP contribution is 2.28. The monoisotopic (exact) mass is 301 g/mol. The summed E-state index contributed by atoms with van der Waals surface area (Å²) in [6.45, 7) is 9.34. The molecule has 0 amide bonds. The highest BCUT2D eigenvalue weighted by molar-refractivity contribution is 5.20. The lowest BCUT2D eigenvalue weighted by Gasteiger charge is -2.34. The van der Waals surface area contributed by atoms with E-state index in [0.717, 1.165) is 12.5 Å². The van der Waals surface area contributed by atoms with Gasteiger partial charge in [-0.15, -0.1) is 0 Å². The maximum atomic E-state index is 5.16. The Labute approximate surface area is 136 Å². The number of hydrogen-bond acceptors (Lipinski definition) is 2. The van der Waals surface area contributed by atoms with Gasteiger partial charge >= 0.3 is 0 Å². The van der Waals surface area contributed by atoms with E-state index >= 15 is 0 Å². The topological polar surface area (TPSA) is 12.5 Å². The molecule has 1 aromatic carbocycles. The van der Waals surface area contributed by atoms with Gasteiger partial charge in [0.15, 0.2) is 0 Å². The summed E-state index contributed by atoms with van der Waals surface area (Å²) in [4.78, 5) is 2.65. The summed E-state index contributed by atoms with van der Waals surface area (Å²) in [5.74, 6) is 0.915. The van der Waals surface area contributed by atoms with E-state index in [0.29, 0.717) is 0 Å². The Bertz CT molecular complexity index is 407. The molecule has 1 heterocycles. The molecule has 0 bridgehead atoms. The maximum absolute atomic E-state index is 5.16. The first-order valence-electron chi connectivity index (χ1n) is 8.71. The Hall–Kier alpha value is -1.04.